The summed E-state index contributed by atoms with van der Waals surface area (Å²) >= 11 is 0. The summed E-state index contributed by atoms with van der Waals surface area (Å²) in [5.74, 6) is 3.52. The molecule has 0 saturated carbocycles. The normalized spacial score (nSPS) is 26.9. The predicted molar refractivity (Wildman–Crippen MR) is 62.4 cm³/mol. The number of rotatable bonds is 0. The van der Waals surface area contributed by atoms with Crippen LogP contribution in [-0.2, 0) is 6.54 Å². The van der Waals surface area contributed by atoms with E-state index in [9.17, 15) is 4.79 Å². The van der Waals surface area contributed by atoms with Crippen molar-refractivity contribution in [2.24, 2.45) is 5.92 Å². The van der Waals surface area contributed by atoms with Crippen molar-refractivity contribution in [2.45, 2.75) is 18.9 Å². The van der Waals surface area contributed by atoms with Gasteiger partial charge in [0.05, 0.1) is 5.56 Å². The molecule has 0 amide bonds. The van der Waals surface area contributed by atoms with Crippen molar-refractivity contribution in [3.63, 3.8) is 0 Å². The second-order valence-corrected chi connectivity index (χ2v) is 4.69. The maximum Gasteiger partial charge on any atom is 0.266 e. The van der Waals surface area contributed by atoms with Crippen molar-refractivity contribution >= 4 is 0 Å². The molecule has 2 bridgehead atoms. The van der Waals surface area contributed by atoms with Crippen LogP contribution in [0.2, 0.25) is 0 Å². The van der Waals surface area contributed by atoms with E-state index in [2.05, 4.69) is 11.2 Å². The highest BCUT2D eigenvalue weighted by atomic mass is 16.1. The SMILES string of the molecule is C#Cc1ccc2n(c1=O)CC1CNCC2C1. The molecule has 0 aromatic carbocycles. The molecule has 0 aliphatic carbocycles. The average Bonchev–Trinajstić information content (AvgIpc) is 2.31. The fourth-order valence-corrected chi connectivity index (χ4v) is 2.90. The second-order valence-electron chi connectivity index (χ2n) is 4.69. The van der Waals surface area contributed by atoms with Gasteiger partial charge in [-0.25, -0.2) is 0 Å². The van der Waals surface area contributed by atoms with E-state index in [0.29, 0.717) is 17.4 Å². The van der Waals surface area contributed by atoms with Crippen LogP contribution < -0.4 is 10.9 Å². The molecule has 2 unspecified atom stereocenters. The van der Waals surface area contributed by atoms with Gasteiger partial charge in [-0.1, -0.05) is 5.92 Å². The molecule has 2 atom stereocenters. The van der Waals surface area contributed by atoms with Gasteiger partial charge in [0.25, 0.3) is 5.56 Å². The number of pyridine rings is 1. The third-order valence-electron chi connectivity index (χ3n) is 3.66. The largest absolute Gasteiger partial charge is 0.316 e. The summed E-state index contributed by atoms with van der Waals surface area (Å²) in [7, 11) is 0. The molecule has 1 aromatic rings. The lowest BCUT2D eigenvalue weighted by Crippen LogP contribution is -2.45. The van der Waals surface area contributed by atoms with Crippen LogP contribution in [0.5, 0.6) is 0 Å². The third-order valence-corrected chi connectivity index (χ3v) is 3.66. The second kappa shape index (κ2) is 3.50. The first kappa shape index (κ1) is 9.68. The first-order chi connectivity index (χ1) is 7.79. The Morgan fingerprint density at radius 3 is 3.12 bits per heavy atom. The fraction of sp³-hybridized carbons (Fsp3) is 0.462. The highest BCUT2D eigenvalue weighted by molar-refractivity contribution is 5.32. The van der Waals surface area contributed by atoms with Crippen LogP contribution in [0.1, 0.15) is 23.6 Å². The summed E-state index contributed by atoms with van der Waals surface area (Å²) in [5, 5.41) is 3.42. The number of nitrogens with one attached hydrogen (secondary N) is 1. The summed E-state index contributed by atoms with van der Waals surface area (Å²) in [4.78, 5) is 12.1. The van der Waals surface area contributed by atoms with E-state index in [4.69, 9.17) is 6.42 Å². The monoisotopic (exact) mass is 214 g/mol. The van der Waals surface area contributed by atoms with Crippen LogP contribution in [0.25, 0.3) is 0 Å². The van der Waals surface area contributed by atoms with Crippen molar-refractivity contribution in [1.29, 1.82) is 0 Å². The lowest BCUT2D eigenvalue weighted by Gasteiger charge is -2.37. The minimum absolute atomic E-state index is 0.0107. The molecule has 2 aliphatic heterocycles. The zero-order chi connectivity index (χ0) is 11.1. The van der Waals surface area contributed by atoms with E-state index >= 15 is 0 Å². The minimum atomic E-state index is 0.0107. The van der Waals surface area contributed by atoms with E-state index in [1.807, 2.05) is 10.6 Å². The first-order valence-electron chi connectivity index (χ1n) is 5.70. The van der Waals surface area contributed by atoms with Gasteiger partial charge in [-0.2, -0.15) is 0 Å². The number of hydrogen-bond acceptors (Lipinski definition) is 2. The van der Waals surface area contributed by atoms with Crippen LogP contribution >= 0.6 is 0 Å². The average molecular weight is 214 g/mol. The van der Waals surface area contributed by atoms with Gasteiger partial charge in [-0.05, 0) is 31.0 Å². The fourth-order valence-electron chi connectivity index (χ4n) is 2.90. The maximum atomic E-state index is 12.1. The highest BCUT2D eigenvalue weighted by Gasteiger charge is 2.30. The van der Waals surface area contributed by atoms with E-state index in [1.165, 1.54) is 6.42 Å². The van der Waals surface area contributed by atoms with E-state index in [0.717, 1.165) is 25.3 Å². The van der Waals surface area contributed by atoms with Gasteiger partial charge in [0.1, 0.15) is 0 Å². The maximum absolute atomic E-state index is 12.1. The Bertz CT molecular complexity index is 524. The van der Waals surface area contributed by atoms with E-state index < -0.39 is 0 Å². The molecule has 0 spiro atoms. The topological polar surface area (TPSA) is 34.0 Å². The number of piperidine rings is 1. The van der Waals surface area contributed by atoms with E-state index in [-0.39, 0.29) is 5.56 Å². The Morgan fingerprint density at radius 2 is 2.31 bits per heavy atom. The molecule has 0 radical (unpaired) electrons. The van der Waals surface area contributed by atoms with Gasteiger partial charge < -0.3 is 9.88 Å². The summed E-state index contributed by atoms with van der Waals surface area (Å²) in [6.45, 7) is 2.81. The number of hydrogen-bond donors (Lipinski definition) is 1. The molecule has 16 heavy (non-hydrogen) atoms. The summed E-state index contributed by atoms with van der Waals surface area (Å²) < 4.78 is 1.88. The quantitative estimate of drug-likeness (QED) is 0.639. The first-order valence-corrected chi connectivity index (χ1v) is 5.70. The van der Waals surface area contributed by atoms with Gasteiger partial charge >= 0.3 is 0 Å². The summed E-state index contributed by atoms with van der Waals surface area (Å²) in [6.07, 6.45) is 6.52. The summed E-state index contributed by atoms with van der Waals surface area (Å²) in [5.41, 5.74) is 1.64. The van der Waals surface area contributed by atoms with Crippen LogP contribution in [0.15, 0.2) is 16.9 Å². The molecular weight excluding hydrogens is 200 g/mol. The standard InChI is InChI=1S/C13H14N2O/c1-2-10-3-4-12-11-5-9(6-14-7-11)8-15(12)13(10)16/h1,3-4,9,11,14H,5-8H2. The van der Waals surface area contributed by atoms with Gasteiger partial charge in [-0.15, -0.1) is 6.42 Å². The molecule has 3 heterocycles. The van der Waals surface area contributed by atoms with Crippen LogP contribution in [0, 0.1) is 18.3 Å². The number of fused-ring (bicyclic) bond motifs is 4. The molecule has 1 saturated heterocycles. The van der Waals surface area contributed by atoms with Crippen molar-refractivity contribution < 1.29 is 0 Å². The molecule has 3 rings (SSSR count). The van der Waals surface area contributed by atoms with Crippen LogP contribution in [-0.4, -0.2) is 17.7 Å². The minimum Gasteiger partial charge on any atom is -0.316 e. The molecule has 1 N–H and O–H groups in total. The smallest absolute Gasteiger partial charge is 0.266 e. The summed E-state index contributed by atoms with van der Waals surface area (Å²) in [6, 6.07) is 3.80. The van der Waals surface area contributed by atoms with Gasteiger partial charge in [0, 0.05) is 24.7 Å². The Kier molecular flexibility index (Phi) is 2.12. The lowest BCUT2D eigenvalue weighted by atomic mass is 9.84. The molecule has 2 aliphatic rings. The van der Waals surface area contributed by atoms with Gasteiger partial charge in [-0.3, -0.25) is 4.79 Å². The van der Waals surface area contributed by atoms with Crippen LogP contribution in [0.3, 0.4) is 0 Å². The Labute approximate surface area is 94.5 Å². The van der Waals surface area contributed by atoms with Crippen molar-refractivity contribution in [3.05, 3.63) is 33.7 Å². The Balaban J connectivity index is 2.17. The molecule has 3 nitrogen and oxygen atoms in total. The number of nitrogens with zero attached hydrogens (tertiary/aromatic N) is 1. The molecule has 3 heteroatoms. The zero-order valence-corrected chi connectivity index (χ0v) is 9.07. The van der Waals surface area contributed by atoms with Crippen LogP contribution in [0.4, 0.5) is 0 Å². The van der Waals surface area contributed by atoms with Gasteiger partial charge in [0.15, 0.2) is 0 Å². The molecule has 1 fully saturated rings. The molecule has 82 valence electrons. The molecular formula is C13H14N2O. The lowest BCUT2D eigenvalue weighted by molar-refractivity contribution is 0.257. The number of terminal acetylenes is 1. The van der Waals surface area contributed by atoms with Gasteiger partial charge in [0.2, 0.25) is 0 Å². The van der Waals surface area contributed by atoms with Crippen molar-refractivity contribution in [1.82, 2.24) is 9.88 Å². The van der Waals surface area contributed by atoms with Crippen molar-refractivity contribution in [3.8, 4) is 12.3 Å². The highest BCUT2D eigenvalue weighted by Crippen LogP contribution is 2.31. The zero-order valence-electron chi connectivity index (χ0n) is 9.07. The Morgan fingerprint density at radius 1 is 1.44 bits per heavy atom. The number of aromatic nitrogens is 1. The van der Waals surface area contributed by atoms with Crippen molar-refractivity contribution in [2.75, 3.05) is 13.1 Å². The predicted octanol–water partition coefficient (Wildman–Crippen LogP) is 0.536. The molecule has 1 aromatic heterocycles. The van der Waals surface area contributed by atoms with E-state index in [1.54, 1.807) is 6.07 Å². The third kappa shape index (κ3) is 1.30. The Hall–Kier alpha value is -1.53.